The van der Waals surface area contributed by atoms with Crippen LogP contribution in [0.25, 0.3) is 0 Å². The van der Waals surface area contributed by atoms with Crippen molar-refractivity contribution in [3.05, 3.63) is 85.1 Å². The lowest BCUT2D eigenvalue weighted by atomic mass is 10.0. The second-order valence-corrected chi connectivity index (χ2v) is 23.1. The number of allylic oxidation sites excluding steroid dienone is 14. The van der Waals surface area contributed by atoms with Gasteiger partial charge >= 0.3 is 17.9 Å². The average Bonchev–Trinajstić information content (AvgIpc) is 3.46. The highest BCUT2D eigenvalue weighted by Gasteiger charge is 2.19. The van der Waals surface area contributed by atoms with Crippen LogP contribution in [0.4, 0.5) is 0 Å². The van der Waals surface area contributed by atoms with Crippen LogP contribution in [0.5, 0.6) is 0 Å². The molecule has 0 rings (SSSR count). The van der Waals surface area contributed by atoms with Gasteiger partial charge in [0.25, 0.3) is 0 Å². The molecule has 0 N–H and O–H groups in total. The zero-order chi connectivity index (χ0) is 57.8. The Morgan fingerprint density at radius 2 is 0.463 bits per heavy atom. The molecule has 0 heterocycles. The van der Waals surface area contributed by atoms with Crippen molar-refractivity contribution >= 4 is 17.9 Å². The van der Waals surface area contributed by atoms with E-state index >= 15 is 0 Å². The molecule has 0 aliphatic heterocycles. The average molecular weight is 1120 g/mol. The largest absolute Gasteiger partial charge is 0.462 e. The predicted octanol–water partition coefficient (Wildman–Crippen LogP) is 23.8. The first-order valence-corrected chi connectivity index (χ1v) is 34.6. The topological polar surface area (TPSA) is 78.9 Å². The summed E-state index contributed by atoms with van der Waals surface area (Å²) in [7, 11) is 0. The first kappa shape index (κ1) is 76.6. The third-order valence-electron chi connectivity index (χ3n) is 15.1. The molecule has 0 aromatic rings. The maximum Gasteiger partial charge on any atom is 0.306 e. The molecule has 1 unspecified atom stereocenters. The summed E-state index contributed by atoms with van der Waals surface area (Å²) >= 11 is 0. The SMILES string of the molecule is CCCC/C=C\C/C=C\CCCCCCCC(=O)OCC(COC(=O)CCCCCCCCCCCCCCCCC/C=C\C/C=C\CCCCCCC)OC(=O)CCCCCCCC/C=C\C/C=C\C/C=C\CCCCCCC. The van der Waals surface area contributed by atoms with Gasteiger partial charge in [0.1, 0.15) is 13.2 Å². The minimum absolute atomic E-state index is 0.0848. The molecule has 0 saturated heterocycles. The van der Waals surface area contributed by atoms with Gasteiger partial charge in [-0.2, -0.15) is 0 Å². The quantitative estimate of drug-likeness (QED) is 0.0261. The van der Waals surface area contributed by atoms with Crippen molar-refractivity contribution in [1.82, 2.24) is 0 Å². The number of rotatable bonds is 63. The van der Waals surface area contributed by atoms with Crippen molar-refractivity contribution in [2.45, 2.75) is 354 Å². The maximum absolute atomic E-state index is 12.9. The Balaban J connectivity index is 4.31. The highest BCUT2D eigenvalue weighted by atomic mass is 16.6. The monoisotopic (exact) mass is 1110 g/mol. The van der Waals surface area contributed by atoms with Crippen LogP contribution in [-0.4, -0.2) is 37.2 Å². The van der Waals surface area contributed by atoms with Gasteiger partial charge in [-0.25, -0.2) is 0 Å². The molecule has 6 nitrogen and oxygen atoms in total. The Hall–Kier alpha value is -3.41. The summed E-state index contributed by atoms with van der Waals surface area (Å²) in [5.74, 6) is -0.897. The van der Waals surface area contributed by atoms with E-state index < -0.39 is 6.10 Å². The summed E-state index contributed by atoms with van der Waals surface area (Å²) in [6.45, 7) is 6.59. The molecular formula is C74H130O6. The Labute approximate surface area is 496 Å². The molecule has 6 heteroatoms. The number of unbranched alkanes of at least 4 members (excludes halogenated alkanes) is 38. The van der Waals surface area contributed by atoms with E-state index in [1.165, 1.54) is 199 Å². The summed E-state index contributed by atoms with van der Waals surface area (Å²) in [6, 6.07) is 0. The number of carbonyl (C=O) groups excluding carboxylic acids is 3. The molecule has 0 radical (unpaired) electrons. The van der Waals surface area contributed by atoms with Crippen LogP contribution in [0.1, 0.15) is 348 Å². The van der Waals surface area contributed by atoms with Gasteiger partial charge in [0.15, 0.2) is 6.10 Å². The van der Waals surface area contributed by atoms with Crippen molar-refractivity contribution in [2.24, 2.45) is 0 Å². The minimum Gasteiger partial charge on any atom is -0.462 e. The Kier molecular flexibility index (Phi) is 65.2. The fourth-order valence-corrected chi connectivity index (χ4v) is 9.85. The third-order valence-corrected chi connectivity index (χ3v) is 15.1. The first-order valence-electron chi connectivity index (χ1n) is 34.6. The molecule has 0 aliphatic carbocycles. The Morgan fingerprint density at radius 1 is 0.250 bits per heavy atom. The molecule has 1 atom stereocenters. The fourth-order valence-electron chi connectivity index (χ4n) is 9.85. The zero-order valence-corrected chi connectivity index (χ0v) is 53.1. The van der Waals surface area contributed by atoms with E-state index in [2.05, 4.69) is 106 Å². The predicted molar refractivity (Wildman–Crippen MR) is 348 cm³/mol. The van der Waals surface area contributed by atoms with E-state index in [1.807, 2.05) is 0 Å². The Bertz CT molecular complexity index is 1520. The van der Waals surface area contributed by atoms with Crippen LogP contribution < -0.4 is 0 Å². The van der Waals surface area contributed by atoms with Crippen molar-refractivity contribution in [3.8, 4) is 0 Å². The second-order valence-electron chi connectivity index (χ2n) is 23.1. The lowest BCUT2D eigenvalue weighted by Gasteiger charge is -2.18. The van der Waals surface area contributed by atoms with Crippen LogP contribution in [0.2, 0.25) is 0 Å². The van der Waals surface area contributed by atoms with Crippen LogP contribution in [-0.2, 0) is 28.6 Å². The lowest BCUT2D eigenvalue weighted by Crippen LogP contribution is -2.30. The van der Waals surface area contributed by atoms with Crippen molar-refractivity contribution in [3.63, 3.8) is 0 Å². The molecule has 0 bridgehead atoms. The molecule has 0 spiro atoms. The summed E-state index contributed by atoms with van der Waals surface area (Å²) in [5, 5.41) is 0. The number of esters is 3. The van der Waals surface area contributed by atoms with Crippen LogP contribution in [0.3, 0.4) is 0 Å². The van der Waals surface area contributed by atoms with Gasteiger partial charge in [-0.05, 0) is 116 Å². The molecule has 0 fully saturated rings. The number of hydrogen-bond acceptors (Lipinski definition) is 6. The highest BCUT2D eigenvalue weighted by molar-refractivity contribution is 5.71. The van der Waals surface area contributed by atoms with Crippen molar-refractivity contribution in [2.75, 3.05) is 13.2 Å². The third kappa shape index (κ3) is 65.4. The highest BCUT2D eigenvalue weighted by Crippen LogP contribution is 2.17. The minimum atomic E-state index is -0.791. The molecule has 0 aliphatic rings. The van der Waals surface area contributed by atoms with E-state index in [4.69, 9.17) is 14.2 Å². The van der Waals surface area contributed by atoms with Crippen LogP contribution in [0.15, 0.2) is 85.1 Å². The molecule has 0 amide bonds. The zero-order valence-electron chi connectivity index (χ0n) is 53.1. The van der Waals surface area contributed by atoms with Crippen LogP contribution in [0, 0.1) is 0 Å². The molecule has 0 aromatic heterocycles. The van der Waals surface area contributed by atoms with Gasteiger partial charge in [0, 0.05) is 19.3 Å². The van der Waals surface area contributed by atoms with E-state index in [9.17, 15) is 14.4 Å². The normalized spacial score (nSPS) is 12.6. The van der Waals surface area contributed by atoms with E-state index in [1.54, 1.807) is 0 Å². The molecular weight excluding hydrogens is 985 g/mol. The smallest absolute Gasteiger partial charge is 0.306 e. The maximum atomic E-state index is 12.9. The molecule has 0 aromatic carbocycles. The Morgan fingerprint density at radius 3 is 0.738 bits per heavy atom. The number of hydrogen-bond donors (Lipinski definition) is 0. The van der Waals surface area contributed by atoms with E-state index in [-0.39, 0.29) is 31.1 Å². The molecule has 80 heavy (non-hydrogen) atoms. The van der Waals surface area contributed by atoms with Crippen molar-refractivity contribution < 1.29 is 28.6 Å². The van der Waals surface area contributed by atoms with Gasteiger partial charge < -0.3 is 14.2 Å². The van der Waals surface area contributed by atoms with Crippen molar-refractivity contribution in [1.29, 1.82) is 0 Å². The first-order chi connectivity index (χ1) is 39.5. The summed E-state index contributed by atoms with van der Waals surface area (Å²) in [4.78, 5) is 38.4. The van der Waals surface area contributed by atoms with Crippen LogP contribution >= 0.6 is 0 Å². The summed E-state index contributed by atoms with van der Waals surface area (Å²) < 4.78 is 17.0. The molecule has 462 valence electrons. The van der Waals surface area contributed by atoms with E-state index in [0.29, 0.717) is 19.3 Å². The van der Waals surface area contributed by atoms with Gasteiger partial charge in [-0.15, -0.1) is 0 Å². The summed E-state index contributed by atoms with van der Waals surface area (Å²) in [5.41, 5.74) is 0. The standard InChI is InChI=1S/C74H130O6/c1-4-7-10-13-16-19-22-25-28-30-32-34-35-36-37-38-39-41-42-44-46-49-52-55-58-61-64-67-73(76)79-70-71(69-78-72(75)66-63-60-57-54-51-48-27-24-21-18-15-12-9-6-3)80-74(77)68-65-62-59-56-53-50-47-45-43-40-33-31-29-26-23-20-17-14-11-8-5-2/h15,18,22-27,30-33,43,45,71H,4-14,16-17,19-21,28-29,34-42,44,46-70H2,1-3H3/b18-15-,25-22-,26-23-,27-24-,32-30-,33-31-,45-43-. The van der Waals surface area contributed by atoms with Gasteiger partial charge in [0.2, 0.25) is 0 Å². The number of ether oxygens (including phenoxy) is 3. The molecule has 0 saturated carbocycles. The van der Waals surface area contributed by atoms with Gasteiger partial charge in [0.05, 0.1) is 0 Å². The van der Waals surface area contributed by atoms with Gasteiger partial charge in [-0.3, -0.25) is 14.4 Å². The fraction of sp³-hybridized carbons (Fsp3) is 0.770. The van der Waals surface area contributed by atoms with Gasteiger partial charge in [-0.1, -0.05) is 298 Å². The lowest BCUT2D eigenvalue weighted by molar-refractivity contribution is -0.167. The van der Waals surface area contributed by atoms with E-state index in [0.717, 1.165) is 109 Å². The second kappa shape index (κ2) is 68.1. The number of carbonyl (C=O) groups is 3. The summed E-state index contributed by atoms with van der Waals surface area (Å²) in [6.07, 6.45) is 90.3.